The van der Waals surface area contributed by atoms with Crippen LogP contribution in [0, 0.1) is 5.82 Å². The summed E-state index contributed by atoms with van der Waals surface area (Å²) in [7, 11) is 1.70. The maximum atomic E-state index is 12.9. The summed E-state index contributed by atoms with van der Waals surface area (Å²) in [5.41, 5.74) is 0.810. The normalized spacial score (nSPS) is 13.1. The number of rotatable bonds is 7. The molecule has 0 aliphatic carbocycles. The minimum atomic E-state index is -0.894. The molecule has 7 heteroatoms. The van der Waals surface area contributed by atoms with Gasteiger partial charge in [0.05, 0.1) is 18.5 Å². The number of carbonyl (C=O) groups is 2. The van der Waals surface area contributed by atoms with Crippen molar-refractivity contribution in [3.8, 4) is 0 Å². The number of halogens is 2. The third kappa shape index (κ3) is 6.41. The highest BCUT2D eigenvalue weighted by atomic mass is 35.5. The van der Waals surface area contributed by atoms with E-state index in [0.29, 0.717) is 6.54 Å². The molecule has 0 radical (unpaired) electrons. The zero-order valence-corrected chi connectivity index (χ0v) is 13.7. The van der Waals surface area contributed by atoms with Crippen molar-refractivity contribution in [1.82, 2.24) is 10.2 Å². The molecule has 0 saturated heterocycles. The van der Waals surface area contributed by atoms with E-state index in [0.717, 1.165) is 5.56 Å². The molecule has 0 fully saturated rings. The van der Waals surface area contributed by atoms with Crippen molar-refractivity contribution in [3.63, 3.8) is 0 Å². The molecular weight excluding hydrogens is 311 g/mol. The third-order valence-electron chi connectivity index (χ3n) is 3.45. The van der Waals surface area contributed by atoms with Crippen molar-refractivity contribution in [2.75, 3.05) is 13.6 Å². The molecule has 2 unspecified atom stereocenters. The Morgan fingerprint density at radius 2 is 1.82 bits per heavy atom. The van der Waals surface area contributed by atoms with Crippen LogP contribution in [0.2, 0.25) is 0 Å². The van der Waals surface area contributed by atoms with Crippen LogP contribution in [0.4, 0.5) is 4.39 Å². The Kier molecular flexibility index (Phi) is 8.67. The predicted octanol–water partition coefficient (Wildman–Crippen LogP) is 2.22. The third-order valence-corrected chi connectivity index (χ3v) is 3.45. The number of hydrogen-bond acceptors (Lipinski definition) is 3. The molecule has 1 amide bonds. The van der Waals surface area contributed by atoms with Crippen molar-refractivity contribution < 1.29 is 19.1 Å². The number of amides is 1. The fourth-order valence-electron chi connectivity index (χ4n) is 1.83. The van der Waals surface area contributed by atoms with Gasteiger partial charge in [-0.15, -0.1) is 12.4 Å². The van der Waals surface area contributed by atoms with E-state index >= 15 is 0 Å². The molecule has 0 bridgehead atoms. The SMILES string of the molecule is CC(NC(=O)C(C)N(C)CCC(=O)O)c1ccc(F)cc1.Cl. The average molecular weight is 333 g/mol. The lowest BCUT2D eigenvalue weighted by atomic mass is 10.1. The molecular formula is C15H22ClFN2O3. The lowest BCUT2D eigenvalue weighted by molar-refractivity contribution is -0.138. The summed E-state index contributed by atoms with van der Waals surface area (Å²) in [4.78, 5) is 24.3. The van der Waals surface area contributed by atoms with Crippen molar-refractivity contribution in [3.05, 3.63) is 35.6 Å². The van der Waals surface area contributed by atoms with E-state index in [2.05, 4.69) is 5.32 Å². The Bertz CT molecular complexity index is 496. The first-order valence-corrected chi connectivity index (χ1v) is 6.79. The minimum Gasteiger partial charge on any atom is -0.481 e. The van der Waals surface area contributed by atoms with Gasteiger partial charge in [-0.25, -0.2) is 4.39 Å². The first-order valence-electron chi connectivity index (χ1n) is 6.79. The fraction of sp³-hybridized carbons (Fsp3) is 0.467. The molecule has 2 N–H and O–H groups in total. The van der Waals surface area contributed by atoms with Crippen molar-refractivity contribution in [2.24, 2.45) is 0 Å². The van der Waals surface area contributed by atoms with Gasteiger partial charge in [0.15, 0.2) is 0 Å². The van der Waals surface area contributed by atoms with Gasteiger partial charge in [0, 0.05) is 6.54 Å². The van der Waals surface area contributed by atoms with Crippen molar-refractivity contribution >= 4 is 24.3 Å². The first-order chi connectivity index (χ1) is 9.81. The number of carbonyl (C=O) groups excluding carboxylic acids is 1. The summed E-state index contributed by atoms with van der Waals surface area (Å²) in [5.74, 6) is -1.41. The van der Waals surface area contributed by atoms with Gasteiger partial charge >= 0.3 is 5.97 Å². The molecule has 5 nitrogen and oxygen atoms in total. The van der Waals surface area contributed by atoms with Gasteiger partial charge in [0.25, 0.3) is 0 Å². The Hall–Kier alpha value is -1.66. The van der Waals surface area contributed by atoms with Gasteiger partial charge in [-0.1, -0.05) is 12.1 Å². The summed E-state index contributed by atoms with van der Waals surface area (Å²) in [6.07, 6.45) is -0.0123. The van der Waals surface area contributed by atoms with E-state index in [1.165, 1.54) is 12.1 Å². The van der Waals surface area contributed by atoms with Crippen LogP contribution in [0.25, 0.3) is 0 Å². The molecule has 0 heterocycles. The van der Waals surface area contributed by atoms with Crippen LogP contribution in [-0.4, -0.2) is 41.5 Å². The number of likely N-dealkylation sites (N-methyl/N-ethyl adjacent to an activating group) is 1. The van der Waals surface area contributed by atoms with E-state index in [9.17, 15) is 14.0 Å². The van der Waals surface area contributed by atoms with E-state index in [1.54, 1.807) is 31.0 Å². The minimum absolute atomic E-state index is 0. The zero-order valence-electron chi connectivity index (χ0n) is 12.9. The quantitative estimate of drug-likeness (QED) is 0.803. The number of hydrogen-bond donors (Lipinski definition) is 2. The molecule has 0 aliphatic heterocycles. The first kappa shape index (κ1) is 20.3. The number of nitrogens with zero attached hydrogens (tertiary/aromatic N) is 1. The summed E-state index contributed by atoms with van der Waals surface area (Å²) in [5, 5.41) is 11.5. The Balaban J connectivity index is 0.00000441. The molecule has 1 aromatic carbocycles. The highest BCUT2D eigenvalue weighted by Gasteiger charge is 2.20. The maximum absolute atomic E-state index is 12.9. The standard InChI is InChI=1S/C15H21FN2O3.ClH/c1-10(12-4-6-13(16)7-5-12)17-15(21)11(2)18(3)9-8-14(19)20;/h4-7,10-11H,8-9H2,1-3H3,(H,17,21)(H,19,20);1H. The zero-order chi connectivity index (χ0) is 16.0. The van der Waals surface area contributed by atoms with Crippen molar-refractivity contribution in [1.29, 1.82) is 0 Å². The molecule has 0 spiro atoms. The van der Waals surface area contributed by atoms with Gasteiger partial charge in [0.1, 0.15) is 5.82 Å². The topological polar surface area (TPSA) is 69.6 Å². The van der Waals surface area contributed by atoms with Crippen LogP contribution in [0.3, 0.4) is 0 Å². The maximum Gasteiger partial charge on any atom is 0.304 e. The van der Waals surface area contributed by atoms with Crippen LogP contribution >= 0.6 is 12.4 Å². The summed E-state index contributed by atoms with van der Waals surface area (Å²) >= 11 is 0. The Morgan fingerprint density at radius 3 is 2.32 bits per heavy atom. The summed E-state index contributed by atoms with van der Waals surface area (Å²) < 4.78 is 12.9. The molecule has 22 heavy (non-hydrogen) atoms. The number of carboxylic acids is 1. The molecule has 1 aromatic rings. The van der Waals surface area contributed by atoms with E-state index < -0.39 is 12.0 Å². The van der Waals surface area contributed by atoms with Crippen LogP contribution in [0.5, 0.6) is 0 Å². The second kappa shape index (κ2) is 9.38. The van der Waals surface area contributed by atoms with E-state index in [1.807, 2.05) is 6.92 Å². The monoisotopic (exact) mass is 332 g/mol. The second-order valence-corrected chi connectivity index (χ2v) is 5.08. The van der Waals surface area contributed by atoms with E-state index in [4.69, 9.17) is 5.11 Å². The predicted molar refractivity (Wildman–Crippen MR) is 84.6 cm³/mol. The Morgan fingerprint density at radius 1 is 1.27 bits per heavy atom. The largest absolute Gasteiger partial charge is 0.481 e. The molecule has 1 rings (SSSR count). The van der Waals surface area contributed by atoms with Crippen molar-refractivity contribution in [2.45, 2.75) is 32.4 Å². The summed E-state index contributed by atoms with van der Waals surface area (Å²) in [6.45, 7) is 3.83. The molecule has 0 saturated carbocycles. The van der Waals surface area contributed by atoms with Crippen LogP contribution in [0.1, 0.15) is 31.9 Å². The van der Waals surface area contributed by atoms with Crippen LogP contribution in [-0.2, 0) is 9.59 Å². The molecule has 124 valence electrons. The number of benzene rings is 1. The average Bonchev–Trinajstić information content (AvgIpc) is 2.44. The smallest absolute Gasteiger partial charge is 0.304 e. The number of nitrogens with one attached hydrogen (secondary N) is 1. The molecule has 2 atom stereocenters. The van der Waals surface area contributed by atoms with Gasteiger partial charge in [0.2, 0.25) is 5.91 Å². The number of aliphatic carboxylic acids is 1. The number of carboxylic acid groups (broad SMARTS) is 1. The lowest BCUT2D eigenvalue weighted by Gasteiger charge is -2.25. The Labute approximate surface area is 135 Å². The van der Waals surface area contributed by atoms with E-state index in [-0.39, 0.29) is 36.6 Å². The second-order valence-electron chi connectivity index (χ2n) is 5.08. The molecule has 0 aliphatic rings. The molecule has 0 aromatic heterocycles. The van der Waals surface area contributed by atoms with Gasteiger partial charge < -0.3 is 10.4 Å². The fourth-order valence-corrected chi connectivity index (χ4v) is 1.83. The highest BCUT2D eigenvalue weighted by molar-refractivity contribution is 5.85. The van der Waals surface area contributed by atoms with Gasteiger partial charge in [-0.05, 0) is 38.6 Å². The lowest BCUT2D eigenvalue weighted by Crippen LogP contribution is -2.44. The summed E-state index contributed by atoms with van der Waals surface area (Å²) in [6, 6.07) is 5.26. The van der Waals surface area contributed by atoms with Gasteiger partial charge in [-0.3, -0.25) is 14.5 Å². The van der Waals surface area contributed by atoms with Crippen LogP contribution in [0.15, 0.2) is 24.3 Å². The van der Waals surface area contributed by atoms with Crippen LogP contribution < -0.4 is 5.32 Å². The van der Waals surface area contributed by atoms with Gasteiger partial charge in [-0.2, -0.15) is 0 Å². The highest BCUT2D eigenvalue weighted by Crippen LogP contribution is 2.13.